The Kier molecular flexibility index (Phi) is 5.35. The first-order valence-electron chi connectivity index (χ1n) is 5.91. The van der Waals surface area contributed by atoms with Crippen LogP contribution in [0.3, 0.4) is 0 Å². The minimum atomic E-state index is -0.0804. The first-order chi connectivity index (χ1) is 9.20. The van der Waals surface area contributed by atoms with Crippen LogP contribution in [0.5, 0.6) is 0 Å². The van der Waals surface area contributed by atoms with Gasteiger partial charge in [-0.2, -0.15) is 0 Å². The van der Waals surface area contributed by atoms with Crippen molar-refractivity contribution in [3.63, 3.8) is 0 Å². The fourth-order valence-electron chi connectivity index (χ4n) is 1.60. The van der Waals surface area contributed by atoms with Gasteiger partial charge in [0, 0.05) is 23.2 Å². The summed E-state index contributed by atoms with van der Waals surface area (Å²) in [4.78, 5) is 12.1. The molecular weight excluding hydrogens is 373 g/mol. The summed E-state index contributed by atoms with van der Waals surface area (Å²) >= 11 is 3.77. The quantitative estimate of drug-likeness (QED) is 0.784. The van der Waals surface area contributed by atoms with Crippen LogP contribution < -0.4 is 5.32 Å². The van der Waals surface area contributed by atoms with E-state index in [1.807, 2.05) is 42.6 Å². The molecule has 1 aromatic carbocycles. The smallest absolute Gasteiger partial charge is 0.256 e. The highest BCUT2D eigenvalue weighted by atomic mass is 127. The molecule has 0 aliphatic rings. The summed E-state index contributed by atoms with van der Waals surface area (Å²) in [5.74, 6) is -0.0804. The first-order valence-corrected chi connectivity index (χ1v) is 7.87. The van der Waals surface area contributed by atoms with Gasteiger partial charge in [-0.1, -0.05) is 18.2 Å². The molecule has 19 heavy (non-hydrogen) atoms. The predicted molar refractivity (Wildman–Crippen MR) is 86.8 cm³/mol. The van der Waals surface area contributed by atoms with Gasteiger partial charge in [-0.3, -0.25) is 4.79 Å². The second-order valence-electron chi connectivity index (χ2n) is 3.89. The zero-order valence-electron chi connectivity index (χ0n) is 10.5. The Bertz CT molecular complexity index is 568. The summed E-state index contributed by atoms with van der Waals surface area (Å²) in [6.45, 7) is 3.12. The third-order valence-corrected chi connectivity index (χ3v) is 4.35. The number of halogens is 1. The summed E-state index contributed by atoms with van der Waals surface area (Å²) < 4.78 is 6.50. The van der Waals surface area contributed by atoms with Gasteiger partial charge in [0.25, 0.3) is 5.91 Å². The molecule has 0 radical (unpaired) electrons. The zero-order valence-corrected chi connectivity index (χ0v) is 13.5. The van der Waals surface area contributed by atoms with E-state index in [9.17, 15) is 4.79 Å². The Balaban J connectivity index is 2.12. The zero-order chi connectivity index (χ0) is 13.7. The molecule has 1 aromatic heterocycles. The van der Waals surface area contributed by atoms with Crippen LogP contribution in [0.15, 0.2) is 35.7 Å². The van der Waals surface area contributed by atoms with Crippen LogP contribution >= 0.6 is 33.9 Å². The number of carbonyl (C=O) groups excluding carboxylic acids is 1. The highest BCUT2D eigenvalue weighted by Gasteiger charge is 2.10. The summed E-state index contributed by atoms with van der Waals surface area (Å²) in [5, 5.41) is 4.80. The highest BCUT2D eigenvalue weighted by Crippen LogP contribution is 2.20. The second kappa shape index (κ2) is 7.02. The minimum Gasteiger partial charge on any atom is -0.377 e. The number of amides is 1. The van der Waals surface area contributed by atoms with Gasteiger partial charge in [-0.15, -0.1) is 11.3 Å². The van der Waals surface area contributed by atoms with Gasteiger partial charge in [-0.05, 0) is 41.6 Å². The van der Waals surface area contributed by atoms with Crippen LogP contribution in [-0.4, -0.2) is 12.5 Å². The minimum absolute atomic E-state index is 0.0804. The van der Waals surface area contributed by atoms with Gasteiger partial charge in [0.05, 0.1) is 15.1 Å². The molecule has 0 unspecified atom stereocenters. The molecule has 0 aliphatic carbocycles. The van der Waals surface area contributed by atoms with Crippen molar-refractivity contribution >= 4 is 45.5 Å². The molecule has 2 rings (SSSR count). The fourth-order valence-corrected chi connectivity index (χ4v) is 2.93. The Hall–Kier alpha value is -0.920. The van der Waals surface area contributed by atoms with Crippen molar-refractivity contribution in [3.05, 3.63) is 49.7 Å². The maximum Gasteiger partial charge on any atom is 0.256 e. The van der Waals surface area contributed by atoms with Crippen LogP contribution in [-0.2, 0) is 11.3 Å². The topological polar surface area (TPSA) is 38.3 Å². The van der Waals surface area contributed by atoms with Crippen LogP contribution in [0.2, 0.25) is 0 Å². The van der Waals surface area contributed by atoms with Crippen molar-refractivity contribution in [1.82, 2.24) is 0 Å². The van der Waals surface area contributed by atoms with Crippen molar-refractivity contribution in [3.8, 4) is 0 Å². The maximum absolute atomic E-state index is 12.1. The lowest BCUT2D eigenvalue weighted by Crippen LogP contribution is -2.12. The highest BCUT2D eigenvalue weighted by molar-refractivity contribution is 14.1. The number of hydrogen-bond donors (Lipinski definition) is 1. The molecule has 0 saturated carbocycles. The van der Waals surface area contributed by atoms with Crippen molar-refractivity contribution in [2.45, 2.75) is 13.5 Å². The van der Waals surface area contributed by atoms with E-state index in [0.29, 0.717) is 18.8 Å². The van der Waals surface area contributed by atoms with Crippen LogP contribution in [0, 0.1) is 2.88 Å². The predicted octanol–water partition coefficient (Wildman–Crippen LogP) is 4.14. The van der Waals surface area contributed by atoms with E-state index >= 15 is 0 Å². The number of hydrogen-bond acceptors (Lipinski definition) is 3. The summed E-state index contributed by atoms with van der Waals surface area (Å²) in [5.41, 5.74) is 2.49. The number of benzene rings is 1. The lowest BCUT2D eigenvalue weighted by atomic mass is 10.2. The molecule has 0 saturated heterocycles. The number of ether oxygens (including phenoxy) is 1. The number of anilines is 1. The third kappa shape index (κ3) is 4.02. The van der Waals surface area contributed by atoms with Gasteiger partial charge in [0.2, 0.25) is 0 Å². The third-order valence-electron chi connectivity index (χ3n) is 2.56. The molecule has 3 nitrogen and oxygen atoms in total. The maximum atomic E-state index is 12.1. The molecule has 1 amide bonds. The Morgan fingerprint density at radius 2 is 2.21 bits per heavy atom. The Morgan fingerprint density at radius 3 is 2.89 bits per heavy atom. The number of nitrogens with one attached hydrogen (secondary N) is 1. The largest absolute Gasteiger partial charge is 0.377 e. The van der Waals surface area contributed by atoms with E-state index in [0.717, 1.165) is 14.1 Å². The summed E-state index contributed by atoms with van der Waals surface area (Å²) in [7, 11) is 0. The molecule has 100 valence electrons. The molecule has 0 aliphatic heterocycles. The molecule has 1 N–H and O–H groups in total. The molecular formula is C14H14INO2S. The van der Waals surface area contributed by atoms with Crippen LogP contribution in [0.1, 0.15) is 22.8 Å². The Morgan fingerprint density at radius 1 is 1.42 bits per heavy atom. The molecule has 5 heteroatoms. The number of rotatable bonds is 5. The molecule has 1 heterocycles. The average molecular weight is 387 g/mol. The second-order valence-corrected chi connectivity index (χ2v) is 6.69. The summed E-state index contributed by atoms with van der Waals surface area (Å²) in [6.07, 6.45) is 0. The van der Waals surface area contributed by atoms with Crippen LogP contribution in [0.4, 0.5) is 5.69 Å². The van der Waals surface area contributed by atoms with Gasteiger partial charge in [0.15, 0.2) is 0 Å². The number of thiophene rings is 1. The number of para-hydroxylation sites is 1. The molecule has 0 bridgehead atoms. The first kappa shape index (κ1) is 14.5. The molecule has 0 fully saturated rings. The van der Waals surface area contributed by atoms with Gasteiger partial charge >= 0.3 is 0 Å². The Labute approximate surface area is 130 Å². The van der Waals surface area contributed by atoms with E-state index in [-0.39, 0.29) is 5.91 Å². The van der Waals surface area contributed by atoms with Gasteiger partial charge in [0.1, 0.15) is 0 Å². The summed E-state index contributed by atoms with van der Waals surface area (Å²) in [6, 6.07) is 9.58. The normalized spacial score (nSPS) is 10.4. The molecule has 2 aromatic rings. The molecule has 0 atom stereocenters. The molecule has 0 spiro atoms. The van der Waals surface area contributed by atoms with E-state index in [4.69, 9.17) is 4.74 Å². The SMILES string of the molecule is CCOCc1ccccc1NC(=O)c1csc(I)c1. The van der Waals surface area contributed by atoms with Crippen LogP contribution in [0.25, 0.3) is 0 Å². The van der Waals surface area contributed by atoms with E-state index in [2.05, 4.69) is 27.9 Å². The lowest BCUT2D eigenvalue weighted by molar-refractivity contribution is 0.102. The average Bonchev–Trinajstić information content (AvgIpc) is 2.84. The van der Waals surface area contributed by atoms with Gasteiger partial charge < -0.3 is 10.1 Å². The van der Waals surface area contributed by atoms with E-state index < -0.39 is 0 Å². The van der Waals surface area contributed by atoms with E-state index in [1.165, 1.54) is 0 Å². The monoisotopic (exact) mass is 387 g/mol. The van der Waals surface area contributed by atoms with E-state index in [1.54, 1.807) is 11.3 Å². The van der Waals surface area contributed by atoms with Crippen molar-refractivity contribution < 1.29 is 9.53 Å². The number of carbonyl (C=O) groups is 1. The lowest BCUT2D eigenvalue weighted by Gasteiger charge is -2.10. The van der Waals surface area contributed by atoms with Crippen molar-refractivity contribution in [2.24, 2.45) is 0 Å². The van der Waals surface area contributed by atoms with Gasteiger partial charge in [-0.25, -0.2) is 0 Å². The van der Waals surface area contributed by atoms with Crippen molar-refractivity contribution in [1.29, 1.82) is 0 Å². The standard InChI is InChI=1S/C14H14INO2S/c1-2-18-8-10-5-3-4-6-12(10)16-14(17)11-7-13(15)19-9-11/h3-7,9H,2,8H2,1H3,(H,16,17). The fraction of sp³-hybridized carbons (Fsp3) is 0.214. The van der Waals surface area contributed by atoms with Crippen molar-refractivity contribution in [2.75, 3.05) is 11.9 Å².